The van der Waals surface area contributed by atoms with Gasteiger partial charge in [-0.2, -0.15) is 17.0 Å². The number of hydrogen-bond acceptors (Lipinski definition) is 4. The highest BCUT2D eigenvalue weighted by Gasteiger charge is 2.33. The van der Waals surface area contributed by atoms with Crippen LogP contribution in [0.5, 0.6) is 0 Å². The van der Waals surface area contributed by atoms with Crippen LogP contribution in [0.3, 0.4) is 0 Å². The minimum Gasteiger partial charge on any atom is -0.396 e. The molecule has 0 aromatic rings. The van der Waals surface area contributed by atoms with E-state index in [9.17, 15) is 13.5 Å². The second-order valence-corrected chi connectivity index (χ2v) is 7.54. The van der Waals surface area contributed by atoms with Gasteiger partial charge in [0.15, 0.2) is 0 Å². The monoisotopic (exact) mass is 291 g/mol. The smallest absolute Gasteiger partial charge is 0.282 e. The van der Waals surface area contributed by atoms with Gasteiger partial charge in [-0.05, 0) is 38.8 Å². The van der Waals surface area contributed by atoms with Crippen molar-refractivity contribution < 1.29 is 13.5 Å². The van der Waals surface area contributed by atoms with Crippen LogP contribution < -0.4 is 0 Å². The summed E-state index contributed by atoms with van der Waals surface area (Å²) in [6, 6.07) is 0. The molecule has 6 nitrogen and oxygen atoms in total. The van der Waals surface area contributed by atoms with Gasteiger partial charge in [0.1, 0.15) is 0 Å². The fourth-order valence-corrected chi connectivity index (χ4v) is 4.56. The molecule has 0 aliphatic carbocycles. The molecule has 2 saturated heterocycles. The van der Waals surface area contributed by atoms with Crippen molar-refractivity contribution in [2.24, 2.45) is 5.92 Å². The van der Waals surface area contributed by atoms with Crippen molar-refractivity contribution in [2.75, 3.05) is 52.9 Å². The van der Waals surface area contributed by atoms with Crippen molar-refractivity contribution in [2.45, 2.75) is 19.3 Å². The predicted molar refractivity (Wildman–Crippen MR) is 74.0 cm³/mol. The second kappa shape index (κ2) is 6.49. The molecule has 2 fully saturated rings. The zero-order valence-corrected chi connectivity index (χ0v) is 12.5. The van der Waals surface area contributed by atoms with E-state index in [1.54, 1.807) is 8.61 Å². The van der Waals surface area contributed by atoms with Gasteiger partial charge < -0.3 is 10.0 Å². The standard InChI is InChI=1S/C12H25N3O3S/c1-13-5-3-7-14(9-8-13)19(17,18)15-6-2-4-12(10-15)11-16/h12,16H,2-11H2,1H3. The van der Waals surface area contributed by atoms with E-state index in [2.05, 4.69) is 4.90 Å². The molecule has 2 aliphatic rings. The summed E-state index contributed by atoms with van der Waals surface area (Å²) >= 11 is 0. The first-order chi connectivity index (χ1) is 9.04. The molecule has 19 heavy (non-hydrogen) atoms. The number of piperidine rings is 1. The Bertz CT molecular complexity index is 380. The lowest BCUT2D eigenvalue weighted by Crippen LogP contribution is -2.49. The largest absolute Gasteiger partial charge is 0.396 e. The Morgan fingerprint density at radius 1 is 1.05 bits per heavy atom. The van der Waals surface area contributed by atoms with Gasteiger partial charge in [-0.15, -0.1) is 0 Å². The summed E-state index contributed by atoms with van der Waals surface area (Å²) in [7, 11) is -1.32. The molecule has 0 saturated carbocycles. The van der Waals surface area contributed by atoms with Crippen molar-refractivity contribution in [3.63, 3.8) is 0 Å². The Hall–Kier alpha value is -0.210. The van der Waals surface area contributed by atoms with Gasteiger partial charge in [0.2, 0.25) is 0 Å². The maximum absolute atomic E-state index is 12.6. The third kappa shape index (κ3) is 3.66. The Balaban J connectivity index is 2.04. The number of nitrogens with zero attached hydrogens (tertiary/aromatic N) is 3. The average molecular weight is 291 g/mol. The maximum Gasteiger partial charge on any atom is 0.282 e. The van der Waals surface area contributed by atoms with Crippen molar-refractivity contribution in [1.82, 2.24) is 13.5 Å². The quantitative estimate of drug-likeness (QED) is 0.766. The van der Waals surface area contributed by atoms with Crippen LogP contribution in [0.1, 0.15) is 19.3 Å². The summed E-state index contributed by atoms with van der Waals surface area (Å²) in [5.41, 5.74) is 0. The van der Waals surface area contributed by atoms with Crippen LogP contribution >= 0.6 is 0 Å². The zero-order valence-electron chi connectivity index (χ0n) is 11.7. The fraction of sp³-hybridized carbons (Fsp3) is 1.00. The number of aliphatic hydroxyl groups is 1. The maximum atomic E-state index is 12.6. The highest BCUT2D eigenvalue weighted by molar-refractivity contribution is 7.86. The van der Waals surface area contributed by atoms with E-state index in [1.165, 1.54) is 0 Å². The van der Waals surface area contributed by atoms with Gasteiger partial charge in [-0.25, -0.2) is 0 Å². The van der Waals surface area contributed by atoms with Crippen LogP contribution in [0.25, 0.3) is 0 Å². The second-order valence-electron chi connectivity index (χ2n) is 5.61. The molecule has 0 bridgehead atoms. The van der Waals surface area contributed by atoms with Crippen molar-refractivity contribution >= 4 is 10.2 Å². The first kappa shape index (κ1) is 15.2. The number of rotatable bonds is 3. The van der Waals surface area contributed by atoms with Crippen LogP contribution in [0.15, 0.2) is 0 Å². The Morgan fingerprint density at radius 3 is 2.53 bits per heavy atom. The lowest BCUT2D eigenvalue weighted by molar-refractivity contribution is 0.161. The Morgan fingerprint density at radius 2 is 1.79 bits per heavy atom. The molecule has 1 N–H and O–H groups in total. The van der Waals surface area contributed by atoms with Gasteiger partial charge in [0.25, 0.3) is 10.2 Å². The minimum absolute atomic E-state index is 0.0781. The van der Waals surface area contributed by atoms with E-state index >= 15 is 0 Å². The molecule has 2 heterocycles. The molecule has 0 radical (unpaired) electrons. The molecule has 0 aromatic heterocycles. The van der Waals surface area contributed by atoms with Crippen molar-refractivity contribution in [1.29, 1.82) is 0 Å². The first-order valence-electron chi connectivity index (χ1n) is 7.08. The summed E-state index contributed by atoms with van der Waals surface area (Å²) in [6.07, 6.45) is 2.65. The lowest BCUT2D eigenvalue weighted by atomic mass is 10.0. The molecule has 2 rings (SSSR count). The van der Waals surface area contributed by atoms with E-state index in [0.29, 0.717) is 26.2 Å². The van der Waals surface area contributed by atoms with Crippen molar-refractivity contribution in [3.8, 4) is 0 Å². The SMILES string of the molecule is CN1CCCN(S(=O)(=O)N2CCCC(CO)C2)CC1. The molecular weight excluding hydrogens is 266 g/mol. The predicted octanol–water partition coefficient (Wildman–Crippen LogP) is -0.427. The van der Waals surface area contributed by atoms with E-state index in [-0.39, 0.29) is 12.5 Å². The molecule has 7 heteroatoms. The third-order valence-corrected chi connectivity index (χ3v) is 6.07. The van der Waals surface area contributed by atoms with Crippen LogP contribution in [-0.2, 0) is 10.2 Å². The summed E-state index contributed by atoms with van der Waals surface area (Å²) in [4.78, 5) is 2.17. The number of likely N-dealkylation sites (N-methyl/N-ethyl adjacent to an activating group) is 1. The number of hydrogen-bond donors (Lipinski definition) is 1. The van der Waals surface area contributed by atoms with E-state index < -0.39 is 10.2 Å². The van der Waals surface area contributed by atoms with Gasteiger partial charge in [0, 0.05) is 39.3 Å². The normalized spacial score (nSPS) is 29.3. The molecule has 0 amide bonds. The molecule has 0 aromatic carbocycles. The van der Waals surface area contributed by atoms with Crippen LogP contribution in [0, 0.1) is 5.92 Å². The molecule has 0 spiro atoms. The fourth-order valence-electron chi connectivity index (χ4n) is 2.80. The van der Waals surface area contributed by atoms with Gasteiger partial charge in [-0.3, -0.25) is 0 Å². The highest BCUT2D eigenvalue weighted by Crippen LogP contribution is 2.21. The third-order valence-electron chi connectivity index (χ3n) is 4.07. The van der Waals surface area contributed by atoms with E-state index in [1.807, 2.05) is 7.05 Å². The first-order valence-corrected chi connectivity index (χ1v) is 8.48. The van der Waals surface area contributed by atoms with Crippen LogP contribution in [0.2, 0.25) is 0 Å². The van der Waals surface area contributed by atoms with E-state index in [0.717, 1.165) is 32.4 Å². The van der Waals surface area contributed by atoms with Gasteiger partial charge >= 0.3 is 0 Å². The molecular formula is C12H25N3O3S. The Kier molecular flexibility index (Phi) is 5.19. The van der Waals surface area contributed by atoms with Crippen molar-refractivity contribution in [3.05, 3.63) is 0 Å². The Labute approximate surface area is 116 Å². The molecule has 112 valence electrons. The summed E-state index contributed by atoms with van der Waals surface area (Å²) in [6.45, 7) is 4.04. The van der Waals surface area contributed by atoms with Gasteiger partial charge in [0.05, 0.1) is 0 Å². The summed E-state index contributed by atoms with van der Waals surface area (Å²) < 4.78 is 28.4. The number of aliphatic hydroxyl groups excluding tert-OH is 1. The summed E-state index contributed by atoms with van der Waals surface area (Å²) in [5, 5.41) is 9.22. The lowest BCUT2D eigenvalue weighted by Gasteiger charge is -2.34. The molecule has 2 aliphatic heterocycles. The highest BCUT2D eigenvalue weighted by atomic mass is 32.2. The van der Waals surface area contributed by atoms with Crippen LogP contribution in [0.4, 0.5) is 0 Å². The molecule has 1 unspecified atom stereocenters. The topological polar surface area (TPSA) is 64.1 Å². The van der Waals surface area contributed by atoms with Gasteiger partial charge in [-0.1, -0.05) is 0 Å². The zero-order chi connectivity index (χ0) is 13.9. The van der Waals surface area contributed by atoms with E-state index in [4.69, 9.17) is 0 Å². The minimum atomic E-state index is -3.35. The molecule has 1 atom stereocenters. The summed E-state index contributed by atoms with van der Waals surface area (Å²) in [5.74, 6) is 0.0955. The average Bonchev–Trinajstić information content (AvgIpc) is 2.64. The van der Waals surface area contributed by atoms with Crippen LogP contribution in [-0.4, -0.2) is 80.0 Å².